The SMILES string of the molecule is O=C(O)C(CCOCCCCc1ccc2c(n1)NCCC2)NC(=O)C1(n2c(Cl)cccc2=O)CC1. The monoisotopic (exact) mass is 502 g/mol. The van der Waals surface area contributed by atoms with E-state index in [-0.39, 0.29) is 23.7 Å². The number of fused-ring (bicyclic) bond motifs is 1. The summed E-state index contributed by atoms with van der Waals surface area (Å²) >= 11 is 6.15. The number of carboxylic acid groups (broad SMARTS) is 1. The van der Waals surface area contributed by atoms with Crippen LogP contribution in [0.4, 0.5) is 5.82 Å². The Bertz CT molecular complexity index is 1130. The van der Waals surface area contributed by atoms with Crippen LogP contribution < -0.4 is 16.2 Å². The van der Waals surface area contributed by atoms with Gasteiger partial charge in [0.2, 0.25) is 5.91 Å². The second-order valence-electron chi connectivity index (χ2n) is 9.12. The highest BCUT2D eigenvalue weighted by Crippen LogP contribution is 2.44. The summed E-state index contributed by atoms with van der Waals surface area (Å²) in [6.07, 6.45) is 5.80. The molecule has 2 aromatic rings. The van der Waals surface area contributed by atoms with E-state index in [0.717, 1.165) is 50.2 Å². The first-order valence-corrected chi connectivity index (χ1v) is 12.5. The van der Waals surface area contributed by atoms with Gasteiger partial charge in [0.1, 0.15) is 22.6 Å². The summed E-state index contributed by atoms with van der Waals surface area (Å²) in [5.41, 5.74) is 0.820. The lowest BCUT2D eigenvalue weighted by Crippen LogP contribution is -2.50. The first-order valence-electron chi connectivity index (χ1n) is 12.1. The molecule has 2 aliphatic rings. The van der Waals surface area contributed by atoms with Gasteiger partial charge in [0, 0.05) is 37.9 Å². The van der Waals surface area contributed by atoms with Gasteiger partial charge >= 0.3 is 5.97 Å². The molecule has 2 aromatic heterocycles. The number of nitrogens with zero attached hydrogens (tertiary/aromatic N) is 2. The van der Waals surface area contributed by atoms with Crippen LogP contribution in [-0.4, -0.2) is 52.3 Å². The highest BCUT2D eigenvalue weighted by atomic mass is 35.5. The Kier molecular flexibility index (Phi) is 8.07. The molecule has 1 unspecified atom stereocenters. The maximum atomic E-state index is 12.9. The van der Waals surface area contributed by atoms with Crippen LogP contribution in [0.15, 0.2) is 35.1 Å². The van der Waals surface area contributed by atoms with Gasteiger partial charge in [-0.2, -0.15) is 0 Å². The summed E-state index contributed by atoms with van der Waals surface area (Å²) in [7, 11) is 0. The first-order chi connectivity index (χ1) is 16.9. The van der Waals surface area contributed by atoms with E-state index in [9.17, 15) is 19.5 Å². The molecule has 1 saturated carbocycles. The van der Waals surface area contributed by atoms with Crippen molar-refractivity contribution in [1.29, 1.82) is 0 Å². The van der Waals surface area contributed by atoms with Crippen molar-refractivity contribution in [2.24, 2.45) is 0 Å². The Morgan fingerprint density at radius 3 is 2.80 bits per heavy atom. The van der Waals surface area contributed by atoms with E-state index in [4.69, 9.17) is 16.3 Å². The summed E-state index contributed by atoms with van der Waals surface area (Å²) < 4.78 is 6.87. The summed E-state index contributed by atoms with van der Waals surface area (Å²) in [5, 5.41) is 15.6. The molecule has 0 aromatic carbocycles. The summed E-state index contributed by atoms with van der Waals surface area (Å²) in [5.74, 6) is -0.650. The molecule has 3 N–H and O–H groups in total. The number of halogens is 1. The van der Waals surface area contributed by atoms with Gasteiger partial charge in [0.05, 0.1) is 0 Å². The van der Waals surface area contributed by atoms with Gasteiger partial charge in [-0.15, -0.1) is 0 Å². The highest BCUT2D eigenvalue weighted by molar-refractivity contribution is 6.29. The number of amides is 1. The standard InChI is InChI=1S/C25H31ClN4O5/c26-20-7-3-8-21(31)30(20)25(12-13-25)24(34)29-19(23(32)33)11-16-35-15-2-1-6-18-10-9-17-5-4-14-27-22(17)28-18/h3,7-10,19H,1-2,4-6,11-16H2,(H,27,28)(H,29,34)(H,32,33). The molecule has 10 heteroatoms. The second-order valence-corrected chi connectivity index (χ2v) is 9.50. The first kappa shape index (κ1) is 25.2. The Balaban J connectivity index is 1.19. The van der Waals surface area contributed by atoms with Crippen LogP contribution in [0, 0.1) is 0 Å². The summed E-state index contributed by atoms with van der Waals surface area (Å²) in [6.45, 7) is 1.67. The van der Waals surface area contributed by atoms with Crippen molar-refractivity contribution in [1.82, 2.24) is 14.9 Å². The highest BCUT2D eigenvalue weighted by Gasteiger charge is 2.53. The normalized spacial score (nSPS) is 16.6. The Hall–Kier alpha value is -2.91. The Morgan fingerprint density at radius 2 is 2.06 bits per heavy atom. The Labute approximate surface area is 208 Å². The smallest absolute Gasteiger partial charge is 0.326 e. The second kappa shape index (κ2) is 11.2. The van der Waals surface area contributed by atoms with Crippen LogP contribution in [-0.2, 0) is 32.7 Å². The lowest BCUT2D eigenvalue weighted by atomic mass is 10.1. The molecule has 1 atom stereocenters. The maximum Gasteiger partial charge on any atom is 0.326 e. The zero-order valence-corrected chi connectivity index (χ0v) is 20.4. The molecule has 1 aliphatic heterocycles. The van der Waals surface area contributed by atoms with Gasteiger partial charge in [0.15, 0.2) is 0 Å². The fourth-order valence-electron chi connectivity index (χ4n) is 4.42. The van der Waals surface area contributed by atoms with Crippen molar-refractivity contribution in [2.75, 3.05) is 25.1 Å². The van der Waals surface area contributed by atoms with Gasteiger partial charge in [-0.05, 0) is 62.6 Å². The average Bonchev–Trinajstić information content (AvgIpc) is 3.64. The van der Waals surface area contributed by atoms with Gasteiger partial charge in [-0.25, -0.2) is 9.78 Å². The number of carbonyl (C=O) groups excluding carboxylic acids is 1. The molecule has 0 spiro atoms. The number of hydrogen-bond donors (Lipinski definition) is 3. The van der Waals surface area contributed by atoms with Crippen molar-refractivity contribution < 1.29 is 19.4 Å². The number of ether oxygens (including phenoxy) is 1. The van der Waals surface area contributed by atoms with Crippen molar-refractivity contribution in [3.05, 3.63) is 57.1 Å². The number of anilines is 1. The number of nitrogens with one attached hydrogen (secondary N) is 2. The largest absolute Gasteiger partial charge is 0.480 e. The molecule has 1 amide bonds. The van der Waals surface area contributed by atoms with Crippen molar-refractivity contribution in [3.63, 3.8) is 0 Å². The van der Waals surface area contributed by atoms with Gasteiger partial charge in [0.25, 0.3) is 5.56 Å². The molecular weight excluding hydrogens is 472 g/mol. The van der Waals surface area contributed by atoms with E-state index in [0.29, 0.717) is 19.4 Å². The van der Waals surface area contributed by atoms with Crippen LogP contribution in [0.2, 0.25) is 5.15 Å². The van der Waals surface area contributed by atoms with Crippen LogP contribution >= 0.6 is 11.6 Å². The van der Waals surface area contributed by atoms with Gasteiger partial charge in [-0.3, -0.25) is 14.2 Å². The number of hydrogen-bond acceptors (Lipinski definition) is 6. The number of carboxylic acids is 1. The molecule has 9 nitrogen and oxygen atoms in total. The number of aromatic nitrogens is 2. The third kappa shape index (κ3) is 6.02. The zero-order chi connectivity index (χ0) is 24.8. The molecule has 4 rings (SSSR count). The quantitative estimate of drug-likeness (QED) is 0.301. The van der Waals surface area contributed by atoms with E-state index in [1.807, 2.05) is 0 Å². The number of rotatable bonds is 12. The third-order valence-corrected chi connectivity index (χ3v) is 6.85. The van der Waals surface area contributed by atoms with E-state index in [2.05, 4.69) is 27.8 Å². The topological polar surface area (TPSA) is 123 Å². The molecule has 0 saturated heterocycles. The minimum Gasteiger partial charge on any atom is -0.480 e. The van der Waals surface area contributed by atoms with Crippen LogP contribution in [0.1, 0.15) is 49.8 Å². The number of carbonyl (C=O) groups is 2. The number of pyridine rings is 2. The summed E-state index contributed by atoms with van der Waals surface area (Å²) in [6, 6.07) is 7.51. The number of unbranched alkanes of at least 4 members (excludes halogenated alkanes) is 1. The predicted molar refractivity (Wildman–Crippen MR) is 132 cm³/mol. The van der Waals surface area contributed by atoms with Gasteiger partial charge in [-0.1, -0.05) is 23.7 Å². The Morgan fingerprint density at radius 1 is 1.23 bits per heavy atom. The van der Waals surface area contributed by atoms with Crippen LogP contribution in [0.5, 0.6) is 0 Å². The van der Waals surface area contributed by atoms with Crippen molar-refractivity contribution in [3.8, 4) is 0 Å². The molecule has 1 aliphatic carbocycles. The van der Waals surface area contributed by atoms with Crippen LogP contribution in [0.25, 0.3) is 0 Å². The minimum absolute atomic E-state index is 0.132. The van der Waals surface area contributed by atoms with Gasteiger partial charge < -0.3 is 20.5 Å². The lowest BCUT2D eigenvalue weighted by Gasteiger charge is -2.22. The molecule has 35 heavy (non-hydrogen) atoms. The molecule has 3 heterocycles. The average molecular weight is 503 g/mol. The maximum absolute atomic E-state index is 12.9. The fraction of sp³-hybridized carbons (Fsp3) is 0.520. The van der Waals surface area contributed by atoms with E-state index >= 15 is 0 Å². The predicted octanol–water partition coefficient (Wildman–Crippen LogP) is 2.74. The van der Waals surface area contributed by atoms with E-state index < -0.39 is 23.5 Å². The lowest BCUT2D eigenvalue weighted by molar-refractivity contribution is -0.143. The van der Waals surface area contributed by atoms with Crippen molar-refractivity contribution >= 4 is 29.3 Å². The van der Waals surface area contributed by atoms with Crippen molar-refractivity contribution in [2.45, 2.75) is 62.9 Å². The zero-order valence-electron chi connectivity index (χ0n) is 19.6. The molecule has 188 valence electrons. The number of aryl methyl sites for hydroxylation is 2. The molecular formula is C25H31ClN4O5. The minimum atomic E-state index is -1.14. The molecule has 1 fully saturated rings. The number of aliphatic carboxylic acids is 1. The van der Waals surface area contributed by atoms with Crippen LogP contribution in [0.3, 0.4) is 0 Å². The fourth-order valence-corrected chi connectivity index (χ4v) is 4.74. The molecule has 0 radical (unpaired) electrons. The van der Waals surface area contributed by atoms with E-state index in [1.165, 1.54) is 28.3 Å². The van der Waals surface area contributed by atoms with E-state index in [1.54, 1.807) is 0 Å². The summed E-state index contributed by atoms with van der Waals surface area (Å²) in [4.78, 5) is 41.5. The third-order valence-electron chi connectivity index (χ3n) is 6.56. The molecule has 0 bridgehead atoms.